The minimum atomic E-state index is 0.648. The summed E-state index contributed by atoms with van der Waals surface area (Å²) in [6.45, 7) is 7.52. The summed E-state index contributed by atoms with van der Waals surface area (Å²) >= 11 is 0. The Morgan fingerprint density at radius 3 is 2.71 bits per heavy atom. The molecule has 0 unspecified atom stereocenters. The van der Waals surface area contributed by atoms with E-state index in [1.165, 1.54) is 11.3 Å². The SMILES string of the molecule is Cc1cc2c(c(N3CCNCC3)c1)OCCO2. The number of rotatable bonds is 1. The zero-order chi connectivity index (χ0) is 11.7. The van der Waals surface area contributed by atoms with Crippen molar-refractivity contribution in [2.24, 2.45) is 0 Å². The van der Waals surface area contributed by atoms with Gasteiger partial charge in [0, 0.05) is 26.2 Å². The lowest BCUT2D eigenvalue weighted by Gasteiger charge is -2.32. The van der Waals surface area contributed by atoms with Gasteiger partial charge >= 0.3 is 0 Å². The summed E-state index contributed by atoms with van der Waals surface area (Å²) < 4.78 is 11.4. The van der Waals surface area contributed by atoms with Crippen LogP contribution in [0, 0.1) is 6.92 Å². The van der Waals surface area contributed by atoms with E-state index in [9.17, 15) is 0 Å². The number of fused-ring (bicyclic) bond motifs is 1. The number of benzene rings is 1. The van der Waals surface area contributed by atoms with Crippen LogP contribution in [0.2, 0.25) is 0 Å². The van der Waals surface area contributed by atoms with E-state index in [0.717, 1.165) is 37.7 Å². The maximum Gasteiger partial charge on any atom is 0.184 e. The second-order valence-electron chi connectivity index (χ2n) is 4.55. The van der Waals surface area contributed by atoms with Gasteiger partial charge in [-0.3, -0.25) is 0 Å². The Morgan fingerprint density at radius 1 is 1.12 bits per heavy atom. The molecule has 0 atom stereocenters. The molecule has 2 aliphatic heterocycles. The van der Waals surface area contributed by atoms with Crippen LogP contribution in [0.3, 0.4) is 0 Å². The van der Waals surface area contributed by atoms with Crippen molar-refractivity contribution >= 4 is 5.69 Å². The van der Waals surface area contributed by atoms with Crippen molar-refractivity contribution in [3.8, 4) is 11.5 Å². The first kappa shape index (κ1) is 10.7. The summed E-state index contributed by atoms with van der Waals surface area (Å²) in [4.78, 5) is 2.37. The monoisotopic (exact) mass is 234 g/mol. The van der Waals surface area contributed by atoms with E-state index in [2.05, 4.69) is 29.3 Å². The molecule has 0 bridgehead atoms. The fourth-order valence-electron chi connectivity index (χ4n) is 2.41. The normalized spacial score (nSPS) is 19.2. The molecule has 1 N–H and O–H groups in total. The van der Waals surface area contributed by atoms with Gasteiger partial charge in [-0.1, -0.05) is 0 Å². The Labute approximate surface area is 102 Å². The molecule has 0 aromatic heterocycles. The minimum absolute atomic E-state index is 0.648. The Balaban J connectivity index is 1.98. The molecule has 2 aliphatic rings. The molecule has 1 saturated heterocycles. The summed E-state index contributed by atoms with van der Waals surface area (Å²) in [5, 5.41) is 3.37. The quantitative estimate of drug-likeness (QED) is 0.791. The van der Waals surface area contributed by atoms with Crippen molar-refractivity contribution in [2.75, 3.05) is 44.3 Å². The molecule has 1 fully saturated rings. The van der Waals surface area contributed by atoms with E-state index in [1.807, 2.05) is 0 Å². The highest BCUT2D eigenvalue weighted by molar-refractivity contribution is 5.67. The third-order valence-electron chi connectivity index (χ3n) is 3.22. The van der Waals surface area contributed by atoms with E-state index in [1.54, 1.807) is 0 Å². The van der Waals surface area contributed by atoms with Crippen molar-refractivity contribution in [3.05, 3.63) is 17.7 Å². The van der Waals surface area contributed by atoms with E-state index in [-0.39, 0.29) is 0 Å². The van der Waals surface area contributed by atoms with Crippen LogP contribution in [-0.2, 0) is 0 Å². The van der Waals surface area contributed by atoms with Crippen molar-refractivity contribution in [1.82, 2.24) is 5.32 Å². The average Bonchev–Trinajstić information content (AvgIpc) is 2.39. The Hall–Kier alpha value is -1.42. The molecule has 0 amide bonds. The van der Waals surface area contributed by atoms with Crippen LogP contribution in [0.15, 0.2) is 12.1 Å². The van der Waals surface area contributed by atoms with Crippen molar-refractivity contribution in [2.45, 2.75) is 6.92 Å². The number of nitrogens with zero attached hydrogens (tertiary/aromatic N) is 1. The summed E-state index contributed by atoms with van der Waals surface area (Å²) in [5.41, 5.74) is 2.41. The molecule has 3 rings (SSSR count). The number of hydrogen-bond donors (Lipinski definition) is 1. The largest absolute Gasteiger partial charge is 0.486 e. The molecular weight excluding hydrogens is 216 g/mol. The third kappa shape index (κ3) is 2.05. The predicted octanol–water partition coefficient (Wildman–Crippen LogP) is 1.18. The standard InChI is InChI=1S/C13H18N2O2/c1-10-8-11(15-4-2-14-3-5-15)13-12(9-10)16-6-7-17-13/h8-9,14H,2-7H2,1H3. The van der Waals surface area contributed by atoms with Gasteiger partial charge in [-0.25, -0.2) is 0 Å². The maximum atomic E-state index is 5.78. The summed E-state index contributed by atoms with van der Waals surface area (Å²) in [6, 6.07) is 4.25. The molecule has 17 heavy (non-hydrogen) atoms. The van der Waals surface area contributed by atoms with Crippen LogP contribution in [0.25, 0.3) is 0 Å². The van der Waals surface area contributed by atoms with E-state index < -0.39 is 0 Å². The first-order valence-electron chi connectivity index (χ1n) is 6.20. The van der Waals surface area contributed by atoms with Crippen LogP contribution in [0.4, 0.5) is 5.69 Å². The zero-order valence-corrected chi connectivity index (χ0v) is 10.2. The molecule has 0 aliphatic carbocycles. The fraction of sp³-hybridized carbons (Fsp3) is 0.538. The van der Waals surface area contributed by atoms with Gasteiger partial charge in [0.2, 0.25) is 0 Å². The van der Waals surface area contributed by atoms with Crippen molar-refractivity contribution < 1.29 is 9.47 Å². The number of aryl methyl sites for hydroxylation is 1. The first-order chi connectivity index (χ1) is 8.34. The van der Waals surface area contributed by atoms with Crippen LogP contribution in [0.1, 0.15) is 5.56 Å². The van der Waals surface area contributed by atoms with Crippen LogP contribution in [0.5, 0.6) is 11.5 Å². The molecule has 1 aromatic rings. The number of piperazine rings is 1. The second kappa shape index (κ2) is 4.45. The zero-order valence-electron chi connectivity index (χ0n) is 10.2. The van der Waals surface area contributed by atoms with E-state index in [0.29, 0.717) is 13.2 Å². The van der Waals surface area contributed by atoms with Gasteiger partial charge in [0.15, 0.2) is 11.5 Å². The second-order valence-corrected chi connectivity index (χ2v) is 4.55. The highest BCUT2D eigenvalue weighted by Crippen LogP contribution is 2.40. The van der Waals surface area contributed by atoms with Crippen molar-refractivity contribution in [1.29, 1.82) is 0 Å². The van der Waals surface area contributed by atoms with Crippen molar-refractivity contribution in [3.63, 3.8) is 0 Å². The predicted molar refractivity (Wildman–Crippen MR) is 67.3 cm³/mol. The maximum absolute atomic E-state index is 5.78. The Morgan fingerprint density at radius 2 is 1.88 bits per heavy atom. The summed E-state index contributed by atoms with van der Waals surface area (Å²) in [6.07, 6.45) is 0. The van der Waals surface area contributed by atoms with Gasteiger partial charge < -0.3 is 19.7 Å². The lowest BCUT2D eigenvalue weighted by atomic mass is 10.1. The summed E-state index contributed by atoms with van der Waals surface area (Å²) in [5.74, 6) is 1.81. The smallest absolute Gasteiger partial charge is 0.184 e. The van der Waals surface area contributed by atoms with E-state index in [4.69, 9.17) is 9.47 Å². The van der Waals surface area contributed by atoms with Crippen LogP contribution < -0.4 is 19.7 Å². The third-order valence-corrected chi connectivity index (χ3v) is 3.22. The molecule has 0 radical (unpaired) electrons. The number of hydrogen-bond acceptors (Lipinski definition) is 4. The molecular formula is C13H18N2O2. The van der Waals surface area contributed by atoms with Gasteiger partial charge in [-0.15, -0.1) is 0 Å². The molecule has 1 aromatic carbocycles. The number of anilines is 1. The Kier molecular flexibility index (Phi) is 2.81. The van der Waals surface area contributed by atoms with Crippen LogP contribution in [-0.4, -0.2) is 39.4 Å². The van der Waals surface area contributed by atoms with Gasteiger partial charge in [0.1, 0.15) is 13.2 Å². The van der Waals surface area contributed by atoms with Gasteiger partial charge in [0.05, 0.1) is 5.69 Å². The highest BCUT2D eigenvalue weighted by Gasteiger charge is 2.21. The minimum Gasteiger partial charge on any atom is -0.486 e. The lowest BCUT2D eigenvalue weighted by Crippen LogP contribution is -2.43. The van der Waals surface area contributed by atoms with Gasteiger partial charge in [0.25, 0.3) is 0 Å². The first-order valence-corrected chi connectivity index (χ1v) is 6.20. The summed E-state index contributed by atoms with van der Waals surface area (Å²) in [7, 11) is 0. The fourth-order valence-corrected chi connectivity index (χ4v) is 2.41. The van der Waals surface area contributed by atoms with Gasteiger partial charge in [-0.05, 0) is 24.6 Å². The molecule has 0 spiro atoms. The average molecular weight is 234 g/mol. The van der Waals surface area contributed by atoms with E-state index >= 15 is 0 Å². The van der Waals surface area contributed by atoms with Crippen LogP contribution >= 0.6 is 0 Å². The molecule has 0 saturated carbocycles. The molecule has 92 valence electrons. The lowest BCUT2D eigenvalue weighted by molar-refractivity contribution is 0.172. The number of nitrogens with one attached hydrogen (secondary N) is 1. The van der Waals surface area contributed by atoms with Gasteiger partial charge in [-0.2, -0.15) is 0 Å². The molecule has 4 heteroatoms. The highest BCUT2D eigenvalue weighted by atomic mass is 16.6. The Bertz CT molecular complexity index is 414. The topological polar surface area (TPSA) is 33.7 Å². The molecule has 4 nitrogen and oxygen atoms in total. The number of ether oxygens (including phenoxy) is 2. The molecule has 2 heterocycles.